The van der Waals surface area contributed by atoms with Crippen molar-refractivity contribution in [2.45, 2.75) is 58.5 Å². The van der Waals surface area contributed by atoms with Gasteiger partial charge >= 0.3 is 6.18 Å². The fourth-order valence-corrected chi connectivity index (χ4v) is 3.37. The number of carbonyl (C=O) groups is 1. The lowest BCUT2D eigenvalue weighted by Gasteiger charge is -2.28. The van der Waals surface area contributed by atoms with E-state index in [1.807, 2.05) is 56.0 Å². The van der Waals surface area contributed by atoms with Crippen molar-refractivity contribution in [3.05, 3.63) is 89.1 Å². The third-order valence-corrected chi connectivity index (χ3v) is 5.61. The molecule has 1 N–H and O–H groups in total. The number of rotatable bonds is 9. The Morgan fingerprint density at radius 1 is 1.06 bits per heavy atom. The van der Waals surface area contributed by atoms with Crippen LogP contribution in [0.5, 0.6) is 0 Å². The SMILES string of the molecule is CCC(C)NC(=O)c1coc(CN(Cc2ccc(C(F)(F)F)cc2)C(C)c2ccccc2)n1. The predicted octanol–water partition coefficient (Wildman–Crippen LogP) is 5.99. The molecule has 0 spiro atoms. The van der Waals surface area contributed by atoms with E-state index >= 15 is 0 Å². The molecule has 176 valence electrons. The number of benzene rings is 2. The Kier molecular flexibility index (Phi) is 7.92. The van der Waals surface area contributed by atoms with Crippen LogP contribution >= 0.6 is 0 Å². The van der Waals surface area contributed by atoms with Gasteiger partial charge in [-0.05, 0) is 43.5 Å². The Morgan fingerprint density at radius 3 is 2.33 bits per heavy atom. The average molecular weight is 460 g/mol. The monoisotopic (exact) mass is 459 g/mol. The van der Waals surface area contributed by atoms with E-state index in [4.69, 9.17) is 4.42 Å². The zero-order valence-corrected chi connectivity index (χ0v) is 18.9. The first-order chi connectivity index (χ1) is 15.7. The molecule has 3 aromatic rings. The Balaban J connectivity index is 1.80. The van der Waals surface area contributed by atoms with Crippen molar-refractivity contribution in [3.63, 3.8) is 0 Å². The van der Waals surface area contributed by atoms with Gasteiger partial charge in [0.1, 0.15) is 6.26 Å². The van der Waals surface area contributed by atoms with Crippen molar-refractivity contribution in [1.82, 2.24) is 15.2 Å². The Hall–Kier alpha value is -3.13. The number of aromatic nitrogens is 1. The second-order valence-electron chi connectivity index (χ2n) is 8.10. The van der Waals surface area contributed by atoms with Crippen LogP contribution in [0.25, 0.3) is 0 Å². The van der Waals surface area contributed by atoms with E-state index in [9.17, 15) is 18.0 Å². The topological polar surface area (TPSA) is 58.4 Å². The molecule has 1 heterocycles. The summed E-state index contributed by atoms with van der Waals surface area (Å²) in [5.74, 6) is 0.0590. The van der Waals surface area contributed by atoms with Crippen LogP contribution in [0.15, 0.2) is 65.3 Å². The standard InChI is InChI=1S/C25H28F3N3O2/c1-4-17(2)29-24(32)22-16-33-23(30-22)15-31(18(3)20-8-6-5-7-9-20)14-19-10-12-21(13-11-19)25(26,27)28/h5-13,16-18H,4,14-15H2,1-3H3,(H,29,32). The number of carbonyl (C=O) groups excluding carboxylic acids is 1. The Bertz CT molecular complexity index is 1030. The minimum Gasteiger partial charge on any atom is -0.447 e. The summed E-state index contributed by atoms with van der Waals surface area (Å²) in [6.07, 6.45) is -2.25. The van der Waals surface area contributed by atoms with Crippen LogP contribution in [0.1, 0.15) is 66.3 Å². The van der Waals surface area contributed by atoms with Gasteiger partial charge in [0.05, 0.1) is 12.1 Å². The molecule has 33 heavy (non-hydrogen) atoms. The van der Waals surface area contributed by atoms with Crippen molar-refractivity contribution >= 4 is 5.91 Å². The number of hydrogen-bond acceptors (Lipinski definition) is 4. The van der Waals surface area contributed by atoms with E-state index < -0.39 is 11.7 Å². The summed E-state index contributed by atoms with van der Waals surface area (Å²) in [7, 11) is 0. The maximum atomic E-state index is 12.9. The molecule has 2 aromatic carbocycles. The minimum atomic E-state index is -4.38. The largest absolute Gasteiger partial charge is 0.447 e. The van der Waals surface area contributed by atoms with E-state index in [-0.39, 0.29) is 30.2 Å². The number of oxazole rings is 1. The summed E-state index contributed by atoms with van der Waals surface area (Å²) in [6.45, 7) is 6.56. The number of nitrogens with one attached hydrogen (secondary N) is 1. The van der Waals surface area contributed by atoms with Crippen LogP contribution < -0.4 is 5.32 Å². The van der Waals surface area contributed by atoms with Crippen LogP contribution in [-0.4, -0.2) is 21.8 Å². The normalized spacial score (nSPS) is 13.7. The average Bonchev–Trinajstić information content (AvgIpc) is 3.27. The van der Waals surface area contributed by atoms with Gasteiger partial charge in [-0.15, -0.1) is 0 Å². The van der Waals surface area contributed by atoms with Crippen LogP contribution in [0.2, 0.25) is 0 Å². The maximum Gasteiger partial charge on any atom is 0.416 e. The Labute approximate surface area is 191 Å². The van der Waals surface area contributed by atoms with Crippen LogP contribution in [0.3, 0.4) is 0 Å². The van der Waals surface area contributed by atoms with Crippen molar-refractivity contribution in [2.75, 3.05) is 0 Å². The van der Waals surface area contributed by atoms with E-state index in [2.05, 4.69) is 10.3 Å². The van der Waals surface area contributed by atoms with Gasteiger partial charge in [-0.25, -0.2) is 4.98 Å². The fraction of sp³-hybridized carbons (Fsp3) is 0.360. The summed E-state index contributed by atoms with van der Waals surface area (Å²) in [5.41, 5.74) is 1.29. The van der Waals surface area contributed by atoms with E-state index in [1.54, 1.807) is 0 Å². The van der Waals surface area contributed by atoms with Gasteiger partial charge in [-0.3, -0.25) is 9.69 Å². The number of amides is 1. The molecular formula is C25H28F3N3O2. The molecule has 0 fully saturated rings. The molecule has 0 aliphatic heterocycles. The lowest BCUT2D eigenvalue weighted by Crippen LogP contribution is -2.32. The quantitative estimate of drug-likeness (QED) is 0.427. The number of nitrogens with zero attached hydrogens (tertiary/aromatic N) is 2. The molecule has 0 saturated heterocycles. The highest BCUT2D eigenvalue weighted by atomic mass is 19.4. The third-order valence-electron chi connectivity index (χ3n) is 5.61. The van der Waals surface area contributed by atoms with Crippen molar-refractivity contribution in [1.29, 1.82) is 0 Å². The molecule has 5 nitrogen and oxygen atoms in total. The van der Waals surface area contributed by atoms with Gasteiger partial charge in [0.15, 0.2) is 5.69 Å². The molecular weight excluding hydrogens is 431 g/mol. The Morgan fingerprint density at radius 2 is 1.73 bits per heavy atom. The maximum absolute atomic E-state index is 12.9. The molecule has 1 aromatic heterocycles. The third kappa shape index (κ3) is 6.68. The second kappa shape index (κ2) is 10.7. The van der Waals surface area contributed by atoms with Gasteiger partial charge in [0.2, 0.25) is 5.89 Å². The lowest BCUT2D eigenvalue weighted by atomic mass is 10.1. The van der Waals surface area contributed by atoms with E-state index in [0.29, 0.717) is 12.4 Å². The number of halogens is 3. The summed E-state index contributed by atoms with van der Waals surface area (Å²) in [4.78, 5) is 18.7. The van der Waals surface area contributed by atoms with Gasteiger partial charge in [0.25, 0.3) is 5.91 Å². The van der Waals surface area contributed by atoms with Gasteiger partial charge in [0, 0.05) is 18.6 Å². The first kappa shape index (κ1) is 24.5. The molecule has 0 bridgehead atoms. The molecule has 1 amide bonds. The molecule has 8 heteroatoms. The molecule has 0 aliphatic carbocycles. The highest BCUT2D eigenvalue weighted by Crippen LogP contribution is 2.30. The predicted molar refractivity (Wildman–Crippen MR) is 119 cm³/mol. The second-order valence-corrected chi connectivity index (χ2v) is 8.10. The zero-order chi connectivity index (χ0) is 24.0. The summed E-state index contributed by atoms with van der Waals surface area (Å²) < 4.78 is 44.3. The van der Waals surface area contributed by atoms with Gasteiger partial charge in [-0.1, -0.05) is 49.4 Å². The molecule has 0 saturated carbocycles. The first-order valence-corrected chi connectivity index (χ1v) is 10.9. The molecule has 0 aliphatic rings. The lowest BCUT2D eigenvalue weighted by molar-refractivity contribution is -0.137. The molecule has 0 radical (unpaired) electrons. The minimum absolute atomic E-state index is 0.0203. The molecule has 3 rings (SSSR count). The first-order valence-electron chi connectivity index (χ1n) is 10.9. The highest BCUT2D eigenvalue weighted by Gasteiger charge is 2.30. The van der Waals surface area contributed by atoms with Gasteiger partial charge in [-0.2, -0.15) is 13.2 Å². The number of alkyl halides is 3. The summed E-state index contributed by atoms with van der Waals surface area (Å²) in [6, 6.07) is 14.9. The van der Waals surface area contributed by atoms with Crippen molar-refractivity contribution in [2.24, 2.45) is 0 Å². The number of hydrogen-bond donors (Lipinski definition) is 1. The smallest absolute Gasteiger partial charge is 0.416 e. The summed E-state index contributed by atoms with van der Waals surface area (Å²) >= 11 is 0. The van der Waals surface area contributed by atoms with Crippen LogP contribution in [0.4, 0.5) is 13.2 Å². The van der Waals surface area contributed by atoms with E-state index in [0.717, 1.165) is 29.7 Å². The highest BCUT2D eigenvalue weighted by molar-refractivity contribution is 5.92. The van der Waals surface area contributed by atoms with Crippen molar-refractivity contribution in [3.8, 4) is 0 Å². The zero-order valence-electron chi connectivity index (χ0n) is 18.9. The van der Waals surface area contributed by atoms with E-state index in [1.165, 1.54) is 18.4 Å². The fourth-order valence-electron chi connectivity index (χ4n) is 3.37. The van der Waals surface area contributed by atoms with Crippen LogP contribution in [-0.2, 0) is 19.3 Å². The van der Waals surface area contributed by atoms with Gasteiger partial charge < -0.3 is 9.73 Å². The van der Waals surface area contributed by atoms with Crippen LogP contribution in [0, 0.1) is 0 Å². The summed E-state index contributed by atoms with van der Waals surface area (Å²) in [5, 5.41) is 2.85. The molecule has 2 atom stereocenters. The molecule has 2 unspecified atom stereocenters. The van der Waals surface area contributed by atoms with Crippen molar-refractivity contribution < 1.29 is 22.4 Å².